The lowest BCUT2D eigenvalue weighted by atomic mass is 10.2. The molecule has 1 saturated heterocycles. The highest BCUT2D eigenvalue weighted by molar-refractivity contribution is 7.89. The standard InChI is InChI=1S/C29H33N5O8S/c35-27(32-17-25(28(36)37)33-43(39,40)24-11-5-2-6-12-24)20-41-23-15-22(16-31-26-13-7-8-14-30-26)34(18-23)29(38)42-19-21-9-3-1-4-10-21/h1-14,22-23,25,33H,15-20H2,(H,30,31)(H,32,35)(H,36,37)/t22-,23-,25?/m0/s1. The molecular formula is C29H33N5O8S. The number of hydrogen-bond donors (Lipinski definition) is 4. The van der Waals surface area contributed by atoms with Crippen molar-refractivity contribution in [1.29, 1.82) is 0 Å². The topological polar surface area (TPSA) is 176 Å². The summed E-state index contributed by atoms with van der Waals surface area (Å²) in [4.78, 5) is 42.8. The maximum atomic E-state index is 13.0. The number of likely N-dealkylation sites (tertiary alicyclic amines) is 1. The SMILES string of the molecule is O=C(CO[C@H]1C[C@@H](CNc2ccccn2)N(C(=O)OCc2ccccc2)C1)NCC(NS(=O)(=O)c1ccccc1)C(=O)O. The molecule has 3 atom stereocenters. The minimum absolute atomic E-state index is 0.100. The molecule has 1 aromatic heterocycles. The van der Waals surface area contributed by atoms with E-state index in [0.717, 1.165) is 5.56 Å². The Kier molecular flexibility index (Phi) is 11.0. The highest BCUT2D eigenvalue weighted by atomic mass is 32.2. The predicted molar refractivity (Wildman–Crippen MR) is 155 cm³/mol. The number of sulfonamides is 1. The molecule has 0 aliphatic carbocycles. The fourth-order valence-corrected chi connectivity index (χ4v) is 5.61. The van der Waals surface area contributed by atoms with Gasteiger partial charge in [0.2, 0.25) is 15.9 Å². The molecule has 0 saturated carbocycles. The van der Waals surface area contributed by atoms with Gasteiger partial charge in [0.15, 0.2) is 0 Å². The van der Waals surface area contributed by atoms with Crippen molar-refractivity contribution in [1.82, 2.24) is 19.9 Å². The third-order valence-electron chi connectivity index (χ3n) is 6.60. The molecule has 3 aromatic rings. The fraction of sp³-hybridized carbons (Fsp3) is 0.310. The zero-order valence-electron chi connectivity index (χ0n) is 23.2. The van der Waals surface area contributed by atoms with Crippen LogP contribution in [0.3, 0.4) is 0 Å². The Bertz CT molecular complexity index is 1460. The molecule has 4 N–H and O–H groups in total. The van der Waals surface area contributed by atoms with Crippen molar-refractivity contribution in [2.45, 2.75) is 36.1 Å². The van der Waals surface area contributed by atoms with E-state index in [-0.39, 0.29) is 24.1 Å². The van der Waals surface area contributed by atoms with Crippen molar-refractivity contribution in [3.05, 3.63) is 90.6 Å². The number of amides is 2. The van der Waals surface area contributed by atoms with Gasteiger partial charge in [0, 0.05) is 19.3 Å². The third kappa shape index (κ3) is 9.49. The van der Waals surface area contributed by atoms with Gasteiger partial charge in [-0.2, -0.15) is 4.72 Å². The molecule has 228 valence electrons. The first-order valence-electron chi connectivity index (χ1n) is 13.5. The number of carbonyl (C=O) groups is 3. The van der Waals surface area contributed by atoms with Gasteiger partial charge < -0.3 is 30.1 Å². The smallest absolute Gasteiger partial charge is 0.410 e. The number of aliphatic carboxylic acids is 1. The third-order valence-corrected chi connectivity index (χ3v) is 8.09. The van der Waals surface area contributed by atoms with Crippen LogP contribution in [0.2, 0.25) is 0 Å². The highest BCUT2D eigenvalue weighted by Crippen LogP contribution is 2.22. The van der Waals surface area contributed by atoms with E-state index >= 15 is 0 Å². The minimum Gasteiger partial charge on any atom is -0.480 e. The average Bonchev–Trinajstić information content (AvgIpc) is 3.44. The summed E-state index contributed by atoms with van der Waals surface area (Å²) in [5.41, 5.74) is 0.841. The zero-order valence-corrected chi connectivity index (χ0v) is 24.0. The summed E-state index contributed by atoms with van der Waals surface area (Å²) < 4.78 is 38.4. The molecule has 14 heteroatoms. The van der Waals surface area contributed by atoms with Gasteiger partial charge >= 0.3 is 12.1 Å². The first-order valence-corrected chi connectivity index (χ1v) is 15.0. The average molecular weight is 612 g/mol. The highest BCUT2D eigenvalue weighted by Gasteiger charge is 2.37. The van der Waals surface area contributed by atoms with E-state index in [1.807, 2.05) is 36.4 Å². The summed E-state index contributed by atoms with van der Waals surface area (Å²) >= 11 is 0. The molecule has 0 radical (unpaired) electrons. The number of carboxylic acids is 1. The zero-order chi connectivity index (χ0) is 30.7. The number of carbonyl (C=O) groups excluding carboxylic acids is 2. The number of benzene rings is 2. The first-order chi connectivity index (χ1) is 20.7. The lowest BCUT2D eigenvalue weighted by molar-refractivity contribution is -0.139. The van der Waals surface area contributed by atoms with Gasteiger partial charge in [0.05, 0.1) is 23.6 Å². The second kappa shape index (κ2) is 15.1. The van der Waals surface area contributed by atoms with Gasteiger partial charge in [-0.25, -0.2) is 18.2 Å². The fourth-order valence-electron chi connectivity index (χ4n) is 4.40. The molecule has 1 aliphatic heterocycles. The Morgan fingerprint density at radius 2 is 1.70 bits per heavy atom. The van der Waals surface area contributed by atoms with Crippen LogP contribution in [-0.2, 0) is 35.7 Å². The van der Waals surface area contributed by atoms with Crippen molar-refractivity contribution in [2.24, 2.45) is 0 Å². The van der Waals surface area contributed by atoms with Gasteiger partial charge in [-0.1, -0.05) is 54.6 Å². The summed E-state index contributed by atoms with van der Waals surface area (Å²) in [6, 6.07) is 20.1. The number of aromatic nitrogens is 1. The number of ether oxygens (including phenoxy) is 2. The quantitative estimate of drug-likeness (QED) is 0.210. The van der Waals surface area contributed by atoms with Gasteiger partial charge in [0.1, 0.15) is 25.1 Å². The van der Waals surface area contributed by atoms with E-state index in [9.17, 15) is 27.9 Å². The number of rotatable bonds is 14. The van der Waals surface area contributed by atoms with Crippen LogP contribution < -0.4 is 15.4 Å². The second-order valence-electron chi connectivity index (χ2n) is 9.74. The van der Waals surface area contributed by atoms with Crippen LogP contribution in [0.25, 0.3) is 0 Å². The summed E-state index contributed by atoms with van der Waals surface area (Å²) in [7, 11) is -4.12. The Morgan fingerprint density at radius 3 is 2.37 bits per heavy atom. The molecule has 1 aliphatic rings. The van der Waals surface area contributed by atoms with E-state index in [0.29, 0.717) is 18.8 Å². The van der Waals surface area contributed by atoms with E-state index in [4.69, 9.17) is 9.47 Å². The number of carboxylic acid groups (broad SMARTS) is 1. The first kappa shape index (κ1) is 31.4. The van der Waals surface area contributed by atoms with E-state index in [2.05, 4.69) is 20.3 Å². The summed E-state index contributed by atoms with van der Waals surface area (Å²) in [6.07, 6.45) is 1.02. The van der Waals surface area contributed by atoms with Gasteiger partial charge in [-0.3, -0.25) is 9.59 Å². The number of hydrogen-bond acceptors (Lipinski definition) is 9. The maximum Gasteiger partial charge on any atom is 0.410 e. The molecule has 0 bridgehead atoms. The van der Waals surface area contributed by atoms with E-state index in [1.165, 1.54) is 24.3 Å². The molecule has 2 heterocycles. The van der Waals surface area contributed by atoms with E-state index < -0.39 is 53.3 Å². The normalized spacial score (nSPS) is 17.2. The lowest BCUT2D eigenvalue weighted by Gasteiger charge is -2.24. The van der Waals surface area contributed by atoms with Gasteiger partial charge in [0.25, 0.3) is 0 Å². The molecule has 43 heavy (non-hydrogen) atoms. The van der Waals surface area contributed by atoms with Crippen LogP contribution in [-0.4, -0.2) is 85.8 Å². The van der Waals surface area contributed by atoms with Gasteiger partial charge in [-0.05, 0) is 36.2 Å². The number of nitrogens with one attached hydrogen (secondary N) is 3. The van der Waals surface area contributed by atoms with Crippen molar-refractivity contribution in [3.8, 4) is 0 Å². The van der Waals surface area contributed by atoms with Crippen molar-refractivity contribution in [2.75, 3.05) is 31.6 Å². The van der Waals surface area contributed by atoms with Crippen LogP contribution >= 0.6 is 0 Å². The molecule has 2 amide bonds. The molecule has 1 fully saturated rings. The van der Waals surface area contributed by atoms with Crippen LogP contribution in [0, 0.1) is 0 Å². The summed E-state index contributed by atoms with van der Waals surface area (Å²) in [6.45, 7) is -0.280. The van der Waals surface area contributed by atoms with Crippen molar-refractivity contribution in [3.63, 3.8) is 0 Å². The molecule has 2 aromatic carbocycles. The summed E-state index contributed by atoms with van der Waals surface area (Å²) in [5.74, 6) is -1.46. The van der Waals surface area contributed by atoms with Crippen molar-refractivity contribution < 1.29 is 37.4 Å². The monoisotopic (exact) mass is 611 g/mol. The van der Waals surface area contributed by atoms with Crippen LogP contribution in [0.5, 0.6) is 0 Å². The maximum absolute atomic E-state index is 13.0. The molecular weight excluding hydrogens is 578 g/mol. The largest absolute Gasteiger partial charge is 0.480 e. The number of anilines is 1. The minimum atomic E-state index is -4.12. The Morgan fingerprint density at radius 1 is 1.00 bits per heavy atom. The second-order valence-corrected chi connectivity index (χ2v) is 11.5. The van der Waals surface area contributed by atoms with Crippen LogP contribution in [0.4, 0.5) is 10.6 Å². The number of pyridine rings is 1. The molecule has 4 rings (SSSR count). The molecule has 0 spiro atoms. The van der Waals surface area contributed by atoms with Crippen LogP contribution in [0.15, 0.2) is 90.0 Å². The van der Waals surface area contributed by atoms with Gasteiger partial charge in [-0.15, -0.1) is 0 Å². The Hall–Kier alpha value is -4.53. The molecule has 13 nitrogen and oxygen atoms in total. The van der Waals surface area contributed by atoms with Crippen molar-refractivity contribution >= 4 is 33.8 Å². The molecule has 1 unspecified atom stereocenters. The van der Waals surface area contributed by atoms with E-state index in [1.54, 1.807) is 29.3 Å². The van der Waals surface area contributed by atoms with Crippen LogP contribution in [0.1, 0.15) is 12.0 Å². The Labute approximate surface area is 249 Å². The Balaban J connectivity index is 1.30. The number of nitrogens with zero attached hydrogens (tertiary/aromatic N) is 2. The predicted octanol–water partition coefficient (Wildman–Crippen LogP) is 1.84. The lowest BCUT2D eigenvalue weighted by Crippen LogP contribution is -2.49. The summed E-state index contributed by atoms with van der Waals surface area (Å²) in [5, 5.41) is 15.1.